The molecule has 0 atom stereocenters. The third-order valence-corrected chi connectivity index (χ3v) is 4.77. The Morgan fingerprint density at radius 1 is 1.05 bits per heavy atom. The zero-order chi connectivity index (χ0) is 15.2. The maximum atomic E-state index is 11.0. The minimum absolute atomic E-state index is 0.152. The molecule has 1 saturated heterocycles. The Bertz CT molecular complexity index is 618. The number of benzene rings is 1. The summed E-state index contributed by atoms with van der Waals surface area (Å²) in [7, 11) is 0. The predicted molar refractivity (Wildman–Crippen MR) is 90.7 cm³/mol. The second-order valence-electron chi connectivity index (χ2n) is 5.27. The van der Waals surface area contributed by atoms with E-state index in [2.05, 4.69) is 44.3 Å². The molecule has 0 aliphatic carbocycles. The van der Waals surface area contributed by atoms with E-state index in [1.54, 1.807) is 6.07 Å². The number of hydrogen-bond donors (Lipinski definition) is 1. The normalized spacial score (nSPS) is 15.9. The van der Waals surface area contributed by atoms with Gasteiger partial charge in [-0.05, 0) is 18.2 Å². The highest BCUT2D eigenvalue weighted by atomic mass is 32.2. The van der Waals surface area contributed by atoms with Crippen LogP contribution in [-0.4, -0.2) is 53.6 Å². The Labute approximate surface area is 134 Å². The lowest BCUT2D eigenvalue weighted by Crippen LogP contribution is -2.47. The van der Waals surface area contributed by atoms with Crippen LogP contribution >= 0.6 is 11.8 Å². The van der Waals surface area contributed by atoms with Crippen molar-refractivity contribution in [2.45, 2.75) is 4.90 Å². The summed E-state index contributed by atoms with van der Waals surface area (Å²) in [5.41, 5.74) is -0.152. The lowest BCUT2D eigenvalue weighted by atomic mass is 10.3. The fourth-order valence-electron chi connectivity index (χ4n) is 2.52. The largest absolute Gasteiger partial charge is 0.353 e. The van der Waals surface area contributed by atoms with Crippen LogP contribution in [-0.2, 0) is 0 Å². The minimum Gasteiger partial charge on any atom is -0.353 e. The molecule has 1 N–H and O–H groups in total. The van der Waals surface area contributed by atoms with Crippen molar-refractivity contribution in [3.63, 3.8) is 0 Å². The van der Waals surface area contributed by atoms with Crippen molar-refractivity contribution in [3.8, 4) is 0 Å². The van der Waals surface area contributed by atoms with E-state index in [0.29, 0.717) is 0 Å². The van der Waals surface area contributed by atoms with Crippen LogP contribution in [0.5, 0.6) is 0 Å². The van der Waals surface area contributed by atoms with E-state index in [1.165, 1.54) is 11.0 Å². The minimum atomic E-state index is -0.152. The molecule has 0 unspecified atom stereocenters. The lowest BCUT2D eigenvalue weighted by molar-refractivity contribution is 0.272. The molecule has 6 heteroatoms. The maximum Gasteiger partial charge on any atom is 0.264 e. The van der Waals surface area contributed by atoms with Crippen molar-refractivity contribution in [1.29, 1.82) is 0 Å². The number of anilines is 1. The Kier molecular flexibility index (Phi) is 5.13. The van der Waals surface area contributed by atoms with Gasteiger partial charge in [-0.1, -0.05) is 18.2 Å². The van der Waals surface area contributed by atoms with Gasteiger partial charge >= 0.3 is 0 Å². The number of H-pyrrole nitrogens is 1. The quantitative estimate of drug-likeness (QED) is 0.851. The van der Waals surface area contributed by atoms with Gasteiger partial charge in [0.1, 0.15) is 5.82 Å². The number of piperazine rings is 1. The van der Waals surface area contributed by atoms with Gasteiger partial charge in [-0.2, -0.15) is 5.10 Å². The molecule has 1 aromatic heterocycles. The van der Waals surface area contributed by atoms with Crippen molar-refractivity contribution >= 4 is 17.6 Å². The number of nitrogens with zero attached hydrogens (tertiary/aromatic N) is 3. The van der Waals surface area contributed by atoms with Crippen LogP contribution in [0.3, 0.4) is 0 Å². The van der Waals surface area contributed by atoms with Crippen LogP contribution < -0.4 is 10.5 Å². The van der Waals surface area contributed by atoms with E-state index >= 15 is 0 Å². The van der Waals surface area contributed by atoms with Gasteiger partial charge in [0.05, 0.1) is 0 Å². The van der Waals surface area contributed by atoms with Crippen molar-refractivity contribution in [1.82, 2.24) is 15.1 Å². The molecule has 1 aromatic carbocycles. The van der Waals surface area contributed by atoms with E-state index in [-0.39, 0.29) is 5.56 Å². The van der Waals surface area contributed by atoms with Gasteiger partial charge in [-0.25, -0.2) is 5.10 Å². The lowest BCUT2D eigenvalue weighted by Gasteiger charge is -2.35. The number of hydrogen-bond acceptors (Lipinski definition) is 5. The molecule has 2 aromatic rings. The topological polar surface area (TPSA) is 52.2 Å². The molecule has 0 saturated carbocycles. The average molecular weight is 316 g/mol. The van der Waals surface area contributed by atoms with E-state index in [0.717, 1.165) is 44.3 Å². The highest BCUT2D eigenvalue weighted by molar-refractivity contribution is 7.99. The van der Waals surface area contributed by atoms with Gasteiger partial charge < -0.3 is 4.90 Å². The number of nitrogens with one attached hydrogen (secondary N) is 1. The van der Waals surface area contributed by atoms with Crippen molar-refractivity contribution < 1.29 is 0 Å². The Morgan fingerprint density at radius 3 is 2.50 bits per heavy atom. The van der Waals surface area contributed by atoms with Gasteiger partial charge in [-0.3, -0.25) is 9.69 Å². The van der Waals surface area contributed by atoms with E-state index in [9.17, 15) is 4.79 Å². The van der Waals surface area contributed by atoms with Crippen LogP contribution in [0.15, 0.2) is 52.2 Å². The SMILES string of the molecule is O=c1ccc(N2CCN(CCSc3ccccc3)CC2)n[nH]1. The van der Waals surface area contributed by atoms with Crippen LogP contribution in [0.4, 0.5) is 5.82 Å². The molecular weight excluding hydrogens is 296 g/mol. The second kappa shape index (κ2) is 7.47. The third-order valence-electron chi connectivity index (χ3n) is 3.78. The fraction of sp³-hybridized carbons (Fsp3) is 0.375. The third kappa shape index (κ3) is 4.11. The number of thioether (sulfide) groups is 1. The molecule has 22 heavy (non-hydrogen) atoms. The summed E-state index contributed by atoms with van der Waals surface area (Å²) in [5, 5.41) is 6.59. The number of aromatic amines is 1. The Hall–Kier alpha value is -1.79. The van der Waals surface area contributed by atoms with Crippen LogP contribution in [0, 0.1) is 0 Å². The standard InChI is InChI=1S/C16H20N4OS/c21-16-7-6-15(17-18-16)20-10-8-19(9-11-20)12-13-22-14-4-2-1-3-5-14/h1-7H,8-13H2,(H,18,21). The monoisotopic (exact) mass is 316 g/mol. The van der Waals surface area contributed by atoms with Gasteiger partial charge in [-0.15, -0.1) is 11.8 Å². The highest BCUT2D eigenvalue weighted by Gasteiger charge is 2.17. The van der Waals surface area contributed by atoms with Crippen molar-refractivity contribution in [3.05, 3.63) is 52.8 Å². The summed E-state index contributed by atoms with van der Waals surface area (Å²) in [6, 6.07) is 13.9. The Morgan fingerprint density at radius 2 is 1.82 bits per heavy atom. The van der Waals surface area contributed by atoms with E-state index < -0.39 is 0 Å². The predicted octanol–water partition coefficient (Wildman–Crippen LogP) is 1.68. The van der Waals surface area contributed by atoms with Gasteiger partial charge in [0.15, 0.2) is 0 Å². The van der Waals surface area contributed by atoms with Gasteiger partial charge in [0.2, 0.25) is 0 Å². The first-order valence-electron chi connectivity index (χ1n) is 7.52. The molecular formula is C16H20N4OS. The number of aromatic nitrogens is 2. The molecule has 1 aliphatic heterocycles. The Balaban J connectivity index is 1.42. The highest BCUT2D eigenvalue weighted by Crippen LogP contribution is 2.17. The average Bonchev–Trinajstić information content (AvgIpc) is 2.57. The molecule has 116 valence electrons. The fourth-order valence-corrected chi connectivity index (χ4v) is 3.46. The molecule has 0 amide bonds. The molecule has 0 radical (unpaired) electrons. The first-order chi connectivity index (χ1) is 10.8. The molecule has 0 spiro atoms. The van der Waals surface area contributed by atoms with Crippen LogP contribution in [0.2, 0.25) is 0 Å². The smallest absolute Gasteiger partial charge is 0.264 e. The first-order valence-corrected chi connectivity index (χ1v) is 8.51. The summed E-state index contributed by atoms with van der Waals surface area (Å²) in [6.07, 6.45) is 0. The summed E-state index contributed by atoms with van der Waals surface area (Å²) in [5.74, 6) is 1.97. The van der Waals surface area contributed by atoms with Crippen molar-refractivity contribution in [2.24, 2.45) is 0 Å². The zero-order valence-corrected chi connectivity index (χ0v) is 13.3. The molecule has 2 heterocycles. The zero-order valence-electron chi connectivity index (χ0n) is 12.4. The molecule has 0 bridgehead atoms. The maximum absolute atomic E-state index is 11.0. The summed E-state index contributed by atoms with van der Waals surface area (Å²) < 4.78 is 0. The van der Waals surface area contributed by atoms with Crippen molar-refractivity contribution in [2.75, 3.05) is 43.4 Å². The second-order valence-corrected chi connectivity index (χ2v) is 6.44. The summed E-state index contributed by atoms with van der Waals surface area (Å²) in [6.45, 7) is 5.09. The van der Waals surface area contributed by atoms with Gasteiger partial charge in [0.25, 0.3) is 5.56 Å². The molecule has 3 rings (SSSR count). The number of rotatable bonds is 5. The van der Waals surface area contributed by atoms with E-state index in [4.69, 9.17) is 0 Å². The molecule has 5 nitrogen and oxygen atoms in total. The summed E-state index contributed by atoms with van der Waals surface area (Å²) >= 11 is 1.91. The molecule has 1 fully saturated rings. The van der Waals surface area contributed by atoms with E-state index in [1.807, 2.05) is 17.8 Å². The van der Waals surface area contributed by atoms with Crippen LogP contribution in [0.1, 0.15) is 0 Å². The first kappa shape index (κ1) is 15.1. The molecule has 1 aliphatic rings. The van der Waals surface area contributed by atoms with Crippen LogP contribution in [0.25, 0.3) is 0 Å². The summed E-state index contributed by atoms with van der Waals surface area (Å²) in [4.78, 5) is 17.1. The van der Waals surface area contributed by atoms with Gasteiger partial charge in [0, 0.05) is 49.4 Å².